The Kier molecular flexibility index (Phi) is 6.41. The van der Waals surface area contributed by atoms with Crippen LogP contribution in [-0.2, 0) is 0 Å². The molecule has 3 N–H and O–H groups in total. The minimum Gasteiger partial charge on any atom is -0.493 e. The number of nitrogens with two attached hydrogens (primary N) is 1. The zero-order valence-corrected chi connectivity index (χ0v) is 11.1. The van der Waals surface area contributed by atoms with Gasteiger partial charge in [-0.3, -0.25) is 0 Å². The summed E-state index contributed by atoms with van der Waals surface area (Å²) >= 11 is 0. The monoisotopic (exact) mass is 301 g/mol. The molecule has 2 atom stereocenters. The van der Waals surface area contributed by atoms with Crippen LogP contribution < -0.4 is 15.2 Å². The Labute approximate surface area is 114 Å². The molecule has 0 aromatic heterocycles. The molecule has 0 unspecified atom stereocenters. The van der Waals surface area contributed by atoms with Crippen molar-refractivity contribution in [3.8, 4) is 11.5 Å². The van der Waals surface area contributed by atoms with Gasteiger partial charge in [-0.05, 0) is 17.7 Å². The Morgan fingerprint density at radius 2 is 1.68 bits per heavy atom. The second-order valence-electron chi connectivity index (χ2n) is 3.63. The van der Waals surface area contributed by atoms with Crippen molar-refractivity contribution in [3.05, 3.63) is 23.8 Å². The van der Waals surface area contributed by atoms with Gasteiger partial charge in [0.25, 0.3) is 0 Å². The first-order valence-corrected chi connectivity index (χ1v) is 5.03. The summed E-state index contributed by atoms with van der Waals surface area (Å²) in [6, 6.07) is 2.50. The number of benzene rings is 1. The van der Waals surface area contributed by atoms with Crippen LogP contribution in [0.3, 0.4) is 0 Å². The van der Waals surface area contributed by atoms with Crippen LogP contribution in [0.5, 0.6) is 11.5 Å². The van der Waals surface area contributed by atoms with E-state index in [0.29, 0.717) is 5.75 Å². The van der Waals surface area contributed by atoms with Gasteiger partial charge in [0.1, 0.15) is 0 Å². The Morgan fingerprint density at radius 1 is 1.16 bits per heavy atom. The van der Waals surface area contributed by atoms with Crippen LogP contribution in [-0.4, -0.2) is 31.6 Å². The summed E-state index contributed by atoms with van der Waals surface area (Å²) in [6.45, 7) is 0. The fraction of sp³-hybridized carbons (Fsp3) is 0.455. The first-order valence-electron chi connectivity index (χ1n) is 5.03. The topological polar surface area (TPSA) is 64.7 Å². The van der Waals surface area contributed by atoms with Crippen molar-refractivity contribution in [1.29, 1.82) is 0 Å². The summed E-state index contributed by atoms with van der Waals surface area (Å²) in [7, 11) is 2.76. The number of rotatable bonds is 4. The number of ether oxygens (including phenoxy) is 2. The SMILES string of the molecule is COc1ccc([C@H](N)[C@H](O)C(F)(F)F)cc1OC.Cl. The fourth-order valence-corrected chi connectivity index (χ4v) is 1.45. The lowest BCUT2D eigenvalue weighted by Crippen LogP contribution is -2.38. The zero-order valence-electron chi connectivity index (χ0n) is 10.3. The Bertz CT molecular complexity index is 415. The first kappa shape index (κ1) is 17.8. The molecule has 1 aromatic carbocycles. The van der Waals surface area contributed by atoms with E-state index in [1.807, 2.05) is 0 Å². The van der Waals surface area contributed by atoms with E-state index in [1.54, 1.807) is 0 Å². The molecule has 0 aliphatic carbocycles. The molecule has 0 heterocycles. The summed E-state index contributed by atoms with van der Waals surface area (Å²) in [5.74, 6) is 0.620. The molecule has 0 aliphatic rings. The second kappa shape index (κ2) is 6.83. The average molecular weight is 302 g/mol. The van der Waals surface area contributed by atoms with Crippen molar-refractivity contribution < 1.29 is 27.8 Å². The second-order valence-corrected chi connectivity index (χ2v) is 3.63. The summed E-state index contributed by atoms with van der Waals surface area (Å²) in [6.07, 6.45) is -7.40. The molecular weight excluding hydrogens is 287 g/mol. The van der Waals surface area contributed by atoms with Crippen LogP contribution in [0, 0.1) is 0 Å². The lowest BCUT2D eigenvalue weighted by atomic mass is 10.0. The molecule has 19 heavy (non-hydrogen) atoms. The van der Waals surface area contributed by atoms with Crippen molar-refractivity contribution in [2.75, 3.05) is 14.2 Å². The first-order chi connectivity index (χ1) is 8.31. The normalized spacial score (nSPS) is 14.3. The molecule has 0 aliphatic heterocycles. The van der Waals surface area contributed by atoms with E-state index in [2.05, 4.69) is 0 Å². The third-order valence-corrected chi connectivity index (χ3v) is 2.47. The van der Waals surface area contributed by atoms with Gasteiger partial charge in [0, 0.05) is 0 Å². The molecule has 1 aromatic rings. The molecule has 0 bridgehead atoms. The Hall–Kier alpha value is -1.18. The number of alkyl halides is 3. The fourth-order valence-electron chi connectivity index (χ4n) is 1.45. The van der Waals surface area contributed by atoms with Crippen molar-refractivity contribution >= 4 is 12.4 Å². The van der Waals surface area contributed by atoms with E-state index in [-0.39, 0.29) is 23.7 Å². The molecule has 0 radical (unpaired) electrons. The van der Waals surface area contributed by atoms with Gasteiger partial charge in [-0.2, -0.15) is 13.2 Å². The van der Waals surface area contributed by atoms with Gasteiger partial charge in [-0.25, -0.2) is 0 Å². The predicted molar refractivity (Wildman–Crippen MR) is 65.8 cm³/mol. The number of aliphatic hydroxyl groups is 1. The van der Waals surface area contributed by atoms with E-state index >= 15 is 0 Å². The van der Waals surface area contributed by atoms with Crippen LogP contribution in [0.4, 0.5) is 13.2 Å². The zero-order chi connectivity index (χ0) is 13.9. The van der Waals surface area contributed by atoms with Gasteiger partial charge in [0.2, 0.25) is 0 Å². The van der Waals surface area contributed by atoms with Gasteiger partial charge in [0.05, 0.1) is 20.3 Å². The largest absolute Gasteiger partial charge is 0.493 e. The standard InChI is InChI=1S/C11H14F3NO3.ClH/c1-17-7-4-3-6(5-8(7)18-2)9(15)10(16)11(12,13)14;/h3-5,9-10,16H,15H2,1-2H3;1H/t9-,10-;/m0./s1. The Morgan fingerprint density at radius 3 is 2.11 bits per heavy atom. The highest BCUT2D eigenvalue weighted by molar-refractivity contribution is 5.85. The van der Waals surface area contributed by atoms with Gasteiger partial charge in [0.15, 0.2) is 17.6 Å². The maximum atomic E-state index is 12.3. The maximum absolute atomic E-state index is 12.3. The van der Waals surface area contributed by atoms with Crippen molar-refractivity contribution in [2.24, 2.45) is 5.73 Å². The van der Waals surface area contributed by atoms with Crippen molar-refractivity contribution in [1.82, 2.24) is 0 Å². The smallest absolute Gasteiger partial charge is 0.416 e. The lowest BCUT2D eigenvalue weighted by Gasteiger charge is -2.22. The average Bonchev–Trinajstić information content (AvgIpc) is 2.34. The van der Waals surface area contributed by atoms with Crippen LogP contribution in [0.1, 0.15) is 11.6 Å². The van der Waals surface area contributed by atoms with E-state index in [9.17, 15) is 13.2 Å². The molecule has 0 saturated carbocycles. The van der Waals surface area contributed by atoms with E-state index in [4.69, 9.17) is 20.3 Å². The van der Waals surface area contributed by atoms with Gasteiger partial charge >= 0.3 is 6.18 Å². The van der Waals surface area contributed by atoms with Crippen LogP contribution in [0.15, 0.2) is 18.2 Å². The van der Waals surface area contributed by atoms with E-state index in [0.717, 1.165) is 0 Å². The highest BCUT2D eigenvalue weighted by Crippen LogP contribution is 2.33. The summed E-state index contributed by atoms with van der Waals surface area (Å²) in [5.41, 5.74) is 5.48. The molecule has 1 rings (SSSR count). The molecular formula is C11H15ClF3NO3. The lowest BCUT2D eigenvalue weighted by molar-refractivity contribution is -0.210. The van der Waals surface area contributed by atoms with Gasteiger partial charge in [-0.15, -0.1) is 12.4 Å². The number of halogens is 4. The van der Waals surface area contributed by atoms with Gasteiger partial charge in [-0.1, -0.05) is 6.07 Å². The minimum atomic E-state index is -4.77. The maximum Gasteiger partial charge on any atom is 0.416 e. The van der Waals surface area contributed by atoms with E-state index in [1.165, 1.54) is 32.4 Å². The molecule has 0 fully saturated rings. The predicted octanol–water partition coefficient (Wildman–Crippen LogP) is 2.05. The number of methoxy groups -OCH3 is 2. The molecule has 0 spiro atoms. The highest BCUT2D eigenvalue weighted by Gasteiger charge is 2.42. The summed E-state index contributed by atoms with van der Waals surface area (Å²) < 4.78 is 46.9. The minimum absolute atomic E-state index is 0. The van der Waals surface area contributed by atoms with Crippen LogP contribution in [0.25, 0.3) is 0 Å². The quantitative estimate of drug-likeness (QED) is 0.893. The molecule has 8 heteroatoms. The van der Waals surface area contributed by atoms with Crippen molar-refractivity contribution in [3.63, 3.8) is 0 Å². The summed E-state index contributed by atoms with van der Waals surface area (Å²) in [4.78, 5) is 0. The number of hydrogen-bond acceptors (Lipinski definition) is 4. The summed E-state index contributed by atoms with van der Waals surface area (Å²) in [5, 5.41) is 9.08. The molecule has 0 saturated heterocycles. The van der Waals surface area contributed by atoms with Crippen LogP contribution >= 0.6 is 12.4 Å². The Balaban J connectivity index is 0.00000324. The number of aliphatic hydroxyl groups excluding tert-OH is 1. The third kappa shape index (κ3) is 4.15. The van der Waals surface area contributed by atoms with Gasteiger partial charge < -0.3 is 20.3 Å². The van der Waals surface area contributed by atoms with Crippen molar-refractivity contribution in [2.45, 2.75) is 18.3 Å². The molecule has 110 valence electrons. The number of hydrogen-bond donors (Lipinski definition) is 2. The highest BCUT2D eigenvalue weighted by atomic mass is 35.5. The van der Waals surface area contributed by atoms with Crippen LogP contribution in [0.2, 0.25) is 0 Å². The van der Waals surface area contributed by atoms with E-state index < -0.39 is 18.3 Å². The third-order valence-electron chi connectivity index (χ3n) is 2.47. The molecule has 0 amide bonds. The molecule has 4 nitrogen and oxygen atoms in total.